The number of anilines is 1. The zero-order chi connectivity index (χ0) is 12.4. The largest absolute Gasteiger partial charge is 0.352 e. The summed E-state index contributed by atoms with van der Waals surface area (Å²) in [7, 11) is 0. The molecule has 1 amide bonds. The molecule has 92 valence electrons. The van der Waals surface area contributed by atoms with Gasteiger partial charge in [0.15, 0.2) is 0 Å². The molecule has 1 saturated carbocycles. The Hall–Kier alpha value is -1.62. The zero-order valence-electron chi connectivity index (χ0n) is 9.66. The molecule has 0 aromatic heterocycles. The van der Waals surface area contributed by atoms with E-state index in [2.05, 4.69) is 17.7 Å². The number of hydrogen-bond acceptors (Lipinski definition) is 3. The van der Waals surface area contributed by atoms with Crippen molar-refractivity contribution in [1.29, 1.82) is 0 Å². The van der Waals surface area contributed by atoms with Crippen molar-refractivity contribution in [2.24, 2.45) is 17.7 Å². The number of nitrogen functional groups attached to an aromatic ring is 1. The van der Waals surface area contributed by atoms with Crippen LogP contribution in [-0.2, 0) is 0 Å². The van der Waals surface area contributed by atoms with Crippen molar-refractivity contribution in [2.75, 3.05) is 12.0 Å². The quantitative estimate of drug-likeness (QED) is 0.549. The van der Waals surface area contributed by atoms with Crippen molar-refractivity contribution in [3.8, 4) is 0 Å². The van der Waals surface area contributed by atoms with Crippen molar-refractivity contribution in [3.63, 3.8) is 0 Å². The second kappa shape index (κ2) is 4.71. The minimum atomic E-state index is -0.528. The smallest absolute Gasteiger partial charge is 0.253 e. The fourth-order valence-electron chi connectivity index (χ4n) is 1.86. The summed E-state index contributed by atoms with van der Waals surface area (Å²) in [6.07, 6.45) is 1.14. The fourth-order valence-corrected chi connectivity index (χ4v) is 1.86. The summed E-state index contributed by atoms with van der Waals surface area (Å²) in [4.78, 5) is 11.8. The van der Waals surface area contributed by atoms with Gasteiger partial charge < -0.3 is 10.7 Å². The van der Waals surface area contributed by atoms with E-state index in [-0.39, 0.29) is 17.2 Å². The van der Waals surface area contributed by atoms with Crippen LogP contribution in [0.2, 0.25) is 0 Å². The molecule has 1 aromatic rings. The molecule has 5 heteroatoms. The van der Waals surface area contributed by atoms with Gasteiger partial charge in [-0.05, 0) is 30.4 Å². The van der Waals surface area contributed by atoms with Crippen LogP contribution in [0.3, 0.4) is 0 Å². The van der Waals surface area contributed by atoms with E-state index >= 15 is 0 Å². The first kappa shape index (κ1) is 11.9. The fraction of sp³-hybridized carbons (Fsp3) is 0.417. The summed E-state index contributed by atoms with van der Waals surface area (Å²) in [5.74, 6) is 5.62. The van der Waals surface area contributed by atoms with Gasteiger partial charge in [0, 0.05) is 6.54 Å². The molecule has 4 N–H and O–H groups in total. The topological polar surface area (TPSA) is 67.2 Å². The molecule has 0 spiro atoms. The number of hydrogen-bond donors (Lipinski definition) is 3. The van der Waals surface area contributed by atoms with Gasteiger partial charge in [-0.2, -0.15) is 0 Å². The van der Waals surface area contributed by atoms with E-state index in [0.29, 0.717) is 18.4 Å². The van der Waals surface area contributed by atoms with Gasteiger partial charge in [-0.25, -0.2) is 4.39 Å². The maximum atomic E-state index is 13.4. The highest BCUT2D eigenvalue weighted by Crippen LogP contribution is 2.36. The van der Waals surface area contributed by atoms with E-state index < -0.39 is 5.82 Å². The second-order valence-corrected chi connectivity index (χ2v) is 4.49. The minimum absolute atomic E-state index is 0.0360. The highest BCUT2D eigenvalue weighted by molar-refractivity contribution is 5.99. The number of rotatable bonds is 4. The molecule has 0 heterocycles. The molecule has 1 fully saturated rings. The first-order valence-electron chi connectivity index (χ1n) is 5.66. The van der Waals surface area contributed by atoms with Gasteiger partial charge in [-0.3, -0.25) is 10.6 Å². The molecule has 4 nitrogen and oxygen atoms in total. The molecule has 0 aliphatic heterocycles. The average Bonchev–Trinajstić information content (AvgIpc) is 3.02. The second-order valence-electron chi connectivity index (χ2n) is 4.49. The van der Waals surface area contributed by atoms with E-state index in [1.807, 2.05) is 0 Å². The molecule has 17 heavy (non-hydrogen) atoms. The summed E-state index contributed by atoms with van der Waals surface area (Å²) in [6.45, 7) is 2.78. The van der Waals surface area contributed by atoms with Gasteiger partial charge in [-0.15, -0.1) is 0 Å². The molecule has 0 saturated heterocycles. The summed E-state index contributed by atoms with van der Waals surface area (Å²) in [6, 6.07) is 4.30. The Bertz CT molecular complexity index is 436. The summed E-state index contributed by atoms with van der Waals surface area (Å²) >= 11 is 0. The summed E-state index contributed by atoms with van der Waals surface area (Å²) in [5, 5.41) is 2.79. The molecular formula is C12H16FN3O. The highest BCUT2D eigenvalue weighted by Gasteiger charge is 2.32. The maximum absolute atomic E-state index is 13.4. The predicted octanol–water partition coefficient (Wildman–Crippen LogP) is 1.50. The van der Waals surface area contributed by atoms with Crippen LogP contribution in [0.15, 0.2) is 18.2 Å². The number of halogens is 1. The molecule has 0 radical (unpaired) electrons. The lowest BCUT2D eigenvalue weighted by molar-refractivity contribution is 0.0952. The van der Waals surface area contributed by atoms with E-state index in [0.717, 1.165) is 6.42 Å². The first-order valence-corrected chi connectivity index (χ1v) is 5.66. The molecule has 2 unspecified atom stereocenters. The van der Waals surface area contributed by atoms with E-state index in [1.165, 1.54) is 12.1 Å². The Morgan fingerprint density at radius 3 is 2.88 bits per heavy atom. The third kappa shape index (κ3) is 2.55. The molecule has 1 aliphatic carbocycles. The van der Waals surface area contributed by atoms with Crippen molar-refractivity contribution in [2.45, 2.75) is 13.3 Å². The van der Waals surface area contributed by atoms with Crippen LogP contribution in [-0.4, -0.2) is 12.5 Å². The molecule has 1 aromatic carbocycles. The SMILES string of the molecule is CC1CC1CNC(=O)c1cccc(F)c1NN. The van der Waals surface area contributed by atoms with Crippen LogP contribution in [0.4, 0.5) is 10.1 Å². The lowest BCUT2D eigenvalue weighted by Gasteiger charge is -2.10. The number of para-hydroxylation sites is 1. The standard InChI is InChI=1S/C12H16FN3O/c1-7-5-8(7)6-15-12(17)9-3-2-4-10(13)11(9)16-14/h2-4,7-8,16H,5-6,14H2,1H3,(H,15,17). The third-order valence-electron chi connectivity index (χ3n) is 3.20. The zero-order valence-corrected chi connectivity index (χ0v) is 9.66. The van der Waals surface area contributed by atoms with Gasteiger partial charge in [0.1, 0.15) is 5.82 Å². The Morgan fingerprint density at radius 2 is 2.29 bits per heavy atom. The first-order chi connectivity index (χ1) is 8.13. The van der Waals surface area contributed by atoms with Gasteiger partial charge >= 0.3 is 0 Å². The number of nitrogens with two attached hydrogens (primary N) is 1. The van der Waals surface area contributed by atoms with Gasteiger partial charge in [0.05, 0.1) is 11.3 Å². The Kier molecular flexibility index (Phi) is 3.28. The van der Waals surface area contributed by atoms with Crippen LogP contribution < -0.4 is 16.6 Å². The molecule has 0 bridgehead atoms. The van der Waals surface area contributed by atoms with Gasteiger partial charge in [-0.1, -0.05) is 13.0 Å². The molecule has 1 aliphatic rings. The minimum Gasteiger partial charge on any atom is -0.352 e. The Labute approximate surface area is 99.4 Å². The number of carbonyl (C=O) groups excluding carboxylic acids is 1. The summed E-state index contributed by atoms with van der Waals surface area (Å²) < 4.78 is 13.4. The molecule has 2 atom stereocenters. The van der Waals surface area contributed by atoms with Gasteiger partial charge in [0.25, 0.3) is 5.91 Å². The Morgan fingerprint density at radius 1 is 1.59 bits per heavy atom. The van der Waals surface area contributed by atoms with Crippen molar-refractivity contribution in [1.82, 2.24) is 5.32 Å². The van der Waals surface area contributed by atoms with Crippen LogP contribution in [0.1, 0.15) is 23.7 Å². The molecular weight excluding hydrogens is 221 g/mol. The number of nitrogens with one attached hydrogen (secondary N) is 2. The highest BCUT2D eigenvalue weighted by atomic mass is 19.1. The lowest BCUT2D eigenvalue weighted by atomic mass is 10.1. The van der Waals surface area contributed by atoms with Crippen LogP contribution in [0, 0.1) is 17.7 Å². The van der Waals surface area contributed by atoms with E-state index in [4.69, 9.17) is 5.84 Å². The van der Waals surface area contributed by atoms with E-state index in [1.54, 1.807) is 6.07 Å². The number of amides is 1. The predicted molar refractivity (Wildman–Crippen MR) is 63.8 cm³/mol. The van der Waals surface area contributed by atoms with Crippen molar-refractivity contribution >= 4 is 11.6 Å². The molecule has 2 rings (SSSR count). The van der Waals surface area contributed by atoms with E-state index in [9.17, 15) is 9.18 Å². The maximum Gasteiger partial charge on any atom is 0.253 e. The normalized spacial score (nSPS) is 22.1. The van der Waals surface area contributed by atoms with Crippen molar-refractivity contribution in [3.05, 3.63) is 29.6 Å². The lowest BCUT2D eigenvalue weighted by Crippen LogP contribution is -2.27. The summed E-state index contributed by atoms with van der Waals surface area (Å²) in [5.41, 5.74) is 2.49. The average molecular weight is 237 g/mol. The third-order valence-corrected chi connectivity index (χ3v) is 3.20. The van der Waals surface area contributed by atoms with Crippen LogP contribution in [0.5, 0.6) is 0 Å². The monoisotopic (exact) mass is 237 g/mol. The number of hydrazine groups is 1. The van der Waals surface area contributed by atoms with Crippen LogP contribution >= 0.6 is 0 Å². The number of carbonyl (C=O) groups is 1. The van der Waals surface area contributed by atoms with Gasteiger partial charge in [0.2, 0.25) is 0 Å². The van der Waals surface area contributed by atoms with Crippen LogP contribution in [0.25, 0.3) is 0 Å². The number of benzene rings is 1. The van der Waals surface area contributed by atoms with Crippen molar-refractivity contribution < 1.29 is 9.18 Å². The Balaban J connectivity index is 2.05.